The highest BCUT2D eigenvalue weighted by Gasteiger charge is 2.61. The SMILES string of the molecule is CCN1C(=O)c2ccc(C(=O)N[C@H]3C[C@H]4CC[C@@]3(C)C4(C)C)cc2S1(=O)=O. The largest absolute Gasteiger partial charge is 0.349 e. The van der Waals surface area contributed by atoms with E-state index in [0.717, 1.165) is 17.1 Å². The van der Waals surface area contributed by atoms with Gasteiger partial charge in [0.15, 0.2) is 0 Å². The van der Waals surface area contributed by atoms with Gasteiger partial charge in [-0.3, -0.25) is 9.59 Å². The first-order valence-electron chi connectivity index (χ1n) is 9.56. The number of nitrogens with one attached hydrogen (secondary N) is 1. The highest BCUT2D eigenvalue weighted by atomic mass is 32.2. The van der Waals surface area contributed by atoms with Crippen LogP contribution in [0.4, 0.5) is 0 Å². The number of amides is 2. The molecular formula is C20H26N2O4S. The quantitative estimate of drug-likeness (QED) is 0.860. The lowest BCUT2D eigenvalue weighted by Crippen LogP contribution is -2.46. The molecule has 27 heavy (non-hydrogen) atoms. The van der Waals surface area contributed by atoms with E-state index in [9.17, 15) is 18.0 Å². The van der Waals surface area contributed by atoms with Crippen LogP contribution >= 0.6 is 0 Å². The number of nitrogens with zero attached hydrogens (tertiary/aromatic N) is 1. The molecule has 2 bridgehead atoms. The molecule has 1 aliphatic heterocycles. The zero-order valence-corrected chi connectivity index (χ0v) is 17.0. The van der Waals surface area contributed by atoms with Crippen molar-refractivity contribution in [2.24, 2.45) is 16.7 Å². The Kier molecular flexibility index (Phi) is 3.81. The van der Waals surface area contributed by atoms with Gasteiger partial charge in [0.1, 0.15) is 4.90 Å². The van der Waals surface area contributed by atoms with Crippen LogP contribution in [0.5, 0.6) is 0 Å². The summed E-state index contributed by atoms with van der Waals surface area (Å²) in [6, 6.07) is 4.42. The molecule has 6 nitrogen and oxygen atoms in total. The molecule has 146 valence electrons. The van der Waals surface area contributed by atoms with E-state index < -0.39 is 15.9 Å². The molecule has 4 rings (SSSR count). The monoisotopic (exact) mass is 390 g/mol. The van der Waals surface area contributed by atoms with Crippen LogP contribution in [0.2, 0.25) is 0 Å². The maximum absolute atomic E-state index is 12.9. The number of carbonyl (C=O) groups excluding carboxylic acids is 2. The van der Waals surface area contributed by atoms with E-state index >= 15 is 0 Å². The van der Waals surface area contributed by atoms with Crippen molar-refractivity contribution in [2.45, 2.75) is 57.9 Å². The average molecular weight is 391 g/mol. The Bertz CT molecular complexity index is 953. The van der Waals surface area contributed by atoms with Crippen LogP contribution in [-0.2, 0) is 10.0 Å². The first kappa shape index (κ1) is 18.5. The molecule has 1 aromatic rings. The lowest BCUT2D eigenvalue weighted by molar-refractivity contribution is 0.0823. The normalized spacial score (nSPS) is 32.6. The van der Waals surface area contributed by atoms with E-state index in [1.165, 1.54) is 18.6 Å². The summed E-state index contributed by atoms with van der Waals surface area (Å²) in [5, 5.41) is 3.15. The zero-order valence-electron chi connectivity index (χ0n) is 16.2. The smallest absolute Gasteiger partial charge is 0.268 e. The first-order chi connectivity index (χ1) is 12.5. The van der Waals surface area contributed by atoms with Crippen LogP contribution < -0.4 is 5.32 Å². The van der Waals surface area contributed by atoms with Gasteiger partial charge in [0.2, 0.25) is 0 Å². The third-order valence-electron chi connectivity index (χ3n) is 7.66. The predicted octanol–water partition coefficient (Wildman–Crippen LogP) is 2.80. The fourth-order valence-electron chi connectivity index (χ4n) is 5.39. The topological polar surface area (TPSA) is 83.6 Å². The second-order valence-electron chi connectivity index (χ2n) is 8.82. The third-order valence-corrected chi connectivity index (χ3v) is 9.55. The van der Waals surface area contributed by atoms with Crippen LogP contribution in [0.1, 0.15) is 67.7 Å². The van der Waals surface area contributed by atoms with Gasteiger partial charge in [-0.25, -0.2) is 12.7 Å². The fraction of sp³-hybridized carbons (Fsp3) is 0.600. The van der Waals surface area contributed by atoms with E-state index in [1.54, 1.807) is 13.0 Å². The van der Waals surface area contributed by atoms with Crippen LogP contribution in [-0.4, -0.2) is 37.1 Å². The van der Waals surface area contributed by atoms with Crippen molar-refractivity contribution in [3.63, 3.8) is 0 Å². The van der Waals surface area contributed by atoms with Gasteiger partial charge in [-0.2, -0.15) is 0 Å². The molecule has 2 aliphatic carbocycles. The van der Waals surface area contributed by atoms with Gasteiger partial charge in [-0.1, -0.05) is 20.8 Å². The van der Waals surface area contributed by atoms with Crippen LogP contribution in [0.3, 0.4) is 0 Å². The second-order valence-corrected chi connectivity index (χ2v) is 10.7. The summed E-state index contributed by atoms with van der Waals surface area (Å²) >= 11 is 0. The summed E-state index contributed by atoms with van der Waals surface area (Å²) in [7, 11) is -3.86. The molecule has 0 saturated heterocycles. The molecule has 1 N–H and O–H groups in total. The van der Waals surface area contributed by atoms with Gasteiger partial charge in [-0.15, -0.1) is 0 Å². The van der Waals surface area contributed by atoms with Gasteiger partial charge in [-0.05, 0) is 61.1 Å². The maximum Gasteiger partial charge on any atom is 0.268 e. The summed E-state index contributed by atoms with van der Waals surface area (Å²) < 4.78 is 26.0. The summed E-state index contributed by atoms with van der Waals surface area (Å²) in [5.74, 6) is -0.198. The molecule has 2 saturated carbocycles. The Morgan fingerprint density at radius 1 is 1.30 bits per heavy atom. The van der Waals surface area contributed by atoms with Crippen molar-refractivity contribution >= 4 is 21.8 Å². The summed E-state index contributed by atoms with van der Waals surface area (Å²) in [4.78, 5) is 25.1. The second kappa shape index (κ2) is 5.56. The molecule has 7 heteroatoms. The highest BCUT2D eigenvalue weighted by Crippen LogP contribution is 2.65. The van der Waals surface area contributed by atoms with Crippen molar-refractivity contribution in [1.29, 1.82) is 0 Å². The lowest BCUT2D eigenvalue weighted by Gasteiger charge is -2.39. The molecule has 0 radical (unpaired) electrons. The molecule has 3 atom stereocenters. The predicted molar refractivity (Wildman–Crippen MR) is 101 cm³/mol. The van der Waals surface area contributed by atoms with Gasteiger partial charge in [0, 0.05) is 18.2 Å². The van der Waals surface area contributed by atoms with Crippen LogP contribution in [0.15, 0.2) is 23.1 Å². The Hall–Kier alpha value is -1.89. The van der Waals surface area contributed by atoms with E-state index in [-0.39, 0.29) is 45.3 Å². The van der Waals surface area contributed by atoms with Crippen molar-refractivity contribution < 1.29 is 18.0 Å². The van der Waals surface area contributed by atoms with E-state index in [2.05, 4.69) is 26.1 Å². The summed E-state index contributed by atoms with van der Waals surface area (Å²) in [5.41, 5.74) is 0.652. The molecule has 0 spiro atoms. The van der Waals surface area contributed by atoms with Gasteiger partial charge in [0.25, 0.3) is 21.8 Å². The van der Waals surface area contributed by atoms with Crippen LogP contribution in [0.25, 0.3) is 0 Å². The number of benzene rings is 1. The minimum Gasteiger partial charge on any atom is -0.349 e. The number of hydrogen-bond acceptors (Lipinski definition) is 4. The number of hydrogen-bond donors (Lipinski definition) is 1. The van der Waals surface area contributed by atoms with Crippen molar-refractivity contribution in [1.82, 2.24) is 9.62 Å². The minimum atomic E-state index is -3.86. The van der Waals surface area contributed by atoms with Gasteiger partial charge < -0.3 is 5.32 Å². The molecule has 1 aromatic carbocycles. The third kappa shape index (κ3) is 2.27. The minimum absolute atomic E-state index is 0.0467. The molecule has 2 amide bonds. The maximum atomic E-state index is 12.9. The Morgan fingerprint density at radius 3 is 2.56 bits per heavy atom. The summed E-state index contributed by atoms with van der Waals surface area (Å²) in [6.45, 7) is 8.50. The zero-order chi connectivity index (χ0) is 19.8. The van der Waals surface area contributed by atoms with Crippen molar-refractivity contribution in [2.75, 3.05) is 6.54 Å². The Morgan fingerprint density at radius 2 is 2.00 bits per heavy atom. The first-order valence-corrected chi connectivity index (χ1v) is 11.0. The highest BCUT2D eigenvalue weighted by molar-refractivity contribution is 7.90. The number of fused-ring (bicyclic) bond motifs is 3. The van der Waals surface area contributed by atoms with Crippen molar-refractivity contribution in [3.05, 3.63) is 29.3 Å². The molecule has 1 heterocycles. The average Bonchev–Trinajstić information content (AvgIpc) is 3.03. The number of sulfonamides is 1. The van der Waals surface area contributed by atoms with E-state index in [4.69, 9.17) is 0 Å². The fourth-order valence-corrected chi connectivity index (χ4v) is 7.00. The van der Waals surface area contributed by atoms with E-state index in [1.807, 2.05) is 0 Å². The Labute approximate surface area is 160 Å². The number of carbonyl (C=O) groups is 2. The Balaban J connectivity index is 1.62. The number of rotatable bonds is 3. The molecular weight excluding hydrogens is 364 g/mol. The molecule has 0 aromatic heterocycles. The molecule has 3 aliphatic rings. The summed E-state index contributed by atoms with van der Waals surface area (Å²) in [6.07, 6.45) is 3.25. The van der Waals surface area contributed by atoms with Crippen LogP contribution in [0, 0.1) is 16.7 Å². The standard InChI is InChI=1S/C20H26N2O4S/c1-5-22-18(24)14-7-6-12(10-15(14)27(22,25)26)17(23)21-16-11-13-8-9-20(16,4)19(13,2)3/h6-7,10,13,16H,5,8-9,11H2,1-4H3,(H,21,23)/t13-,16+,20-/m1/s1. The lowest BCUT2D eigenvalue weighted by atomic mass is 9.69. The van der Waals surface area contributed by atoms with Gasteiger partial charge >= 0.3 is 0 Å². The van der Waals surface area contributed by atoms with Crippen molar-refractivity contribution in [3.8, 4) is 0 Å². The van der Waals surface area contributed by atoms with Gasteiger partial charge in [0.05, 0.1) is 5.56 Å². The molecule has 0 unspecified atom stereocenters. The molecule has 2 fully saturated rings. The van der Waals surface area contributed by atoms with E-state index in [0.29, 0.717) is 5.92 Å².